The topological polar surface area (TPSA) is 53.1 Å². The monoisotopic (exact) mass is 425 g/mol. The van der Waals surface area contributed by atoms with Crippen molar-refractivity contribution in [3.8, 4) is 5.75 Å². The summed E-state index contributed by atoms with van der Waals surface area (Å²) in [5.74, 6) is 0.127. The number of carbonyl (C=O) groups is 2. The molecule has 6 nitrogen and oxygen atoms in total. The van der Waals surface area contributed by atoms with E-state index in [1.165, 1.54) is 12.1 Å². The number of hydrogen-bond donors (Lipinski definition) is 0. The number of piperidine rings is 1. The Hall–Kier alpha value is -3.09. The van der Waals surface area contributed by atoms with E-state index in [1.807, 2.05) is 29.2 Å². The molecule has 2 fully saturated rings. The lowest BCUT2D eigenvalue weighted by Gasteiger charge is -2.39. The average Bonchev–Trinajstić information content (AvgIpc) is 2.83. The Morgan fingerprint density at radius 2 is 1.52 bits per heavy atom. The van der Waals surface area contributed by atoms with Gasteiger partial charge in [-0.05, 0) is 37.1 Å². The second-order valence-corrected chi connectivity index (χ2v) is 8.03. The number of piperazine rings is 1. The third-order valence-corrected chi connectivity index (χ3v) is 6.25. The summed E-state index contributed by atoms with van der Waals surface area (Å²) in [5.41, 5.74) is 1.15. The molecule has 2 aliphatic rings. The summed E-state index contributed by atoms with van der Waals surface area (Å²) in [6.07, 6.45) is 1.23. The number of ether oxygens (including phenoxy) is 1. The zero-order chi connectivity index (χ0) is 21.8. The van der Waals surface area contributed by atoms with E-state index in [0.717, 1.165) is 24.5 Å². The highest BCUT2D eigenvalue weighted by Gasteiger charge is 2.32. The Morgan fingerprint density at radius 1 is 0.871 bits per heavy atom. The molecule has 2 aromatic carbocycles. The zero-order valence-corrected chi connectivity index (χ0v) is 17.8. The smallest absolute Gasteiger partial charge is 0.256 e. The van der Waals surface area contributed by atoms with Gasteiger partial charge in [-0.3, -0.25) is 9.59 Å². The SMILES string of the molecule is COc1ccccc1N1CCN(C(=O)C2CCN(C(=O)c3ccccc3F)CC2)CC1. The number of hydrogen-bond acceptors (Lipinski definition) is 4. The molecule has 0 aliphatic carbocycles. The van der Waals surface area contributed by atoms with Crippen LogP contribution >= 0.6 is 0 Å². The molecular formula is C24H28FN3O3. The maximum absolute atomic E-state index is 13.9. The molecule has 164 valence electrons. The van der Waals surface area contributed by atoms with Gasteiger partial charge in [0, 0.05) is 45.2 Å². The molecular weight excluding hydrogens is 397 g/mol. The lowest BCUT2D eigenvalue weighted by atomic mass is 9.94. The summed E-state index contributed by atoms with van der Waals surface area (Å²) < 4.78 is 19.4. The van der Waals surface area contributed by atoms with Gasteiger partial charge >= 0.3 is 0 Å². The average molecular weight is 426 g/mol. The Kier molecular flexibility index (Phi) is 6.39. The zero-order valence-electron chi connectivity index (χ0n) is 17.8. The molecule has 4 rings (SSSR count). The van der Waals surface area contributed by atoms with Crippen LogP contribution in [0.4, 0.5) is 10.1 Å². The number of anilines is 1. The minimum atomic E-state index is -0.501. The number of rotatable bonds is 4. The van der Waals surface area contributed by atoms with Gasteiger partial charge in [-0.1, -0.05) is 24.3 Å². The molecule has 0 spiro atoms. The summed E-state index contributed by atoms with van der Waals surface area (Å²) in [7, 11) is 1.67. The molecule has 7 heteroatoms. The van der Waals surface area contributed by atoms with E-state index in [-0.39, 0.29) is 23.3 Å². The number of benzene rings is 2. The minimum absolute atomic E-state index is 0.0810. The van der Waals surface area contributed by atoms with Crippen molar-refractivity contribution in [2.45, 2.75) is 12.8 Å². The summed E-state index contributed by atoms with van der Waals surface area (Å²) in [6, 6.07) is 14.0. The van der Waals surface area contributed by atoms with Gasteiger partial charge in [-0.25, -0.2) is 4.39 Å². The fourth-order valence-corrected chi connectivity index (χ4v) is 4.45. The first kappa shape index (κ1) is 21.2. The van der Waals surface area contributed by atoms with Crippen molar-refractivity contribution >= 4 is 17.5 Å². The number of amides is 2. The largest absolute Gasteiger partial charge is 0.495 e. The van der Waals surface area contributed by atoms with Crippen molar-refractivity contribution in [3.63, 3.8) is 0 Å². The predicted octanol–water partition coefficient (Wildman–Crippen LogP) is 3.04. The van der Waals surface area contributed by atoms with Crippen LogP contribution in [0.1, 0.15) is 23.2 Å². The van der Waals surface area contributed by atoms with Crippen LogP contribution in [-0.4, -0.2) is 68.0 Å². The molecule has 31 heavy (non-hydrogen) atoms. The highest BCUT2D eigenvalue weighted by molar-refractivity contribution is 5.94. The lowest BCUT2D eigenvalue weighted by Crippen LogP contribution is -2.52. The van der Waals surface area contributed by atoms with E-state index < -0.39 is 5.82 Å². The Morgan fingerprint density at radius 3 is 2.19 bits per heavy atom. The summed E-state index contributed by atoms with van der Waals surface area (Å²) in [5, 5.41) is 0. The third kappa shape index (κ3) is 4.50. The first-order valence-corrected chi connectivity index (χ1v) is 10.8. The second-order valence-electron chi connectivity index (χ2n) is 8.03. The highest BCUT2D eigenvalue weighted by atomic mass is 19.1. The molecule has 2 heterocycles. The molecule has 2 amide bonds. The first-order valence-electron chi connectivity index (χ1n) is 10.8. The Labute approximate surface area is 182 Å². The van der Waals surface area contributed by atoms with E-state index in [4.69, 9.17) is 4.74 Å². The van der Waals surface area contributed by atoms with Crippen molar-refractivity contribution in [1.82, 2.24) is 9.80 Å². The molecule has 0 atom stereocenters. The van der Waals surface area contributed by atoms with Gasteiger partial charge in [-0.15, -0.1) is 0 Å². The van der Waals surface area contributed by atoms with Crippen LogP contribution in [0.3, 0.4) is 0 Å². The van der Waals surface area contributed by atoms with Crippen molar-refractivity contribution in [2.75, 3.05) is 51.3 Å². The number of methoxy groups -OCH3 is 1. The molecule has 0 unspecified atom stereocenters. The van der Waals surface area contributed by atoms with Crippen molar-refractivity contribution < 1.29 is 18.7 Å². The van der Waals surface area contributed by atoms with Gasteiger partial charge < -0.3 is 19.4 Å². The Bertz CT molecular complexity index is 935. The lowest BCUT2D eigenvalue weighted by molar-refractivity contribution is -0.137. The van der Waals surface area contributed by atoms with E-state index >= 15 is 0 Å². The molecule has 2 aromatic rings. The van der Waals surface area contributed by atoms with Crippen LogP contribution in [0.2, 0.25) is 0 Å². The fourth-order valence-electron chi connectivity index (χ4n) is 4.45. The van der Waals surface area contributed by atoms with E-state index in [1.54, 1.807) is 24.1 Å². The first-order chi connectivity index (χ1) is 15.1. The summed E-state index contributed by atoms with van der Waals surface area (Å²) in [6.45, 7) is 3.82. The molecule has 0 bridgehead atoms. The van der Waals surface area contributed by atoms with Crippen LogP contribution in [0.15, 0.2) is 48.5 Å². The van der Waals surface area contributed by atoms with E-state index in [0.29, 0.717) is 39.0 Å². The van der Waals surface area contributed by atoms with Crippen LogP contribution in [0.5, 0.6) is 5.75 Å². The van der Waals surface area contributed by atoms with Gasteiger partial charge in [0.15, 0.2) is 0 Å². The van der Waals surface area contributed by atoms with Gasteiger partial charge in [0.2, 0.25) is 5.91 Å². The van der Waals surface area contributed by atoms with Gasteiger partial charge in [0.05, 0.1) is 18.4 Å². The molecule has 0 radical (unpaired) electrons. The quantitative estimate of drug-likeness (QED) is 0.756. The van der Waals surface area contributed by atoms with Gasteiger partial charge in [0.1, 0.15) is 11.6 Å². The molecule has 0 N–H and O–H groups in total. The van der Waals surface area contributed by atoms with E-state index in [9.17, 15) is 14.0 Å². The maximum Gasteiger partial charge on any atom is 0.256 e. The number of nitrogens with zero attached hydrogens (tertiary/aromatic N) is 3. The standard InChI is InChI=1S/C24H28FN3O3/c1-31-22-9-5-4-8-21(22)26-14-16-28(17-15-26)23(29)18-10-12-27(13-11-18)24(30)19-6-2-3-7-20(19)25/h2-9,18H,10-17H2,1H3. The Balaban J connectivity index is 1.30. The van der Waals surface area contributed by atoms with Crippen molar-refractivity contribution in [2.24, 2.45) is 5.92 Å². The highest BCUT2D eigenvalue weighted by Crippen LogP contribution is 2.29. The molecule has 2 saturated heterocycles. The number of para-hydroxylation sites is 2. The number of likely N-dealkylation sites (tertiary alicyclic amines) is 1. The second kappa shape index (κ2) is 9.37. The molecule has 0 aromatic heterocycles. The van der Waals surface area contributed by atoms with Crippen LogP contribution < -0.4 is 9.64 Å². The van der Waals surface area contributed by atoms with Crippen LogP contribution in [0.25, 0.3) is 0 Å². The van der Waals surface area contributed by atoms with Crippen LogP contribution in [0, 0.1) is 11.7 Å². The molecule has 0 saturated carbocycles. The minimum Gasteiger partial charge on any atom is -0.495 e. The number of halogens is 1. The molecule has 2 aliphatic heterocycles. The van der Waals surface area contributed by atoms with E-state index in [2.05, 4.69) is 4.90 Å². The fraction of sp³-hybridized carbons (Fsp3) is 0.417. The van der Waals surface area contributed by atoms with Gasteiger partial charge in [-0.2, -0.15) is 0 Å². The van der Waals surface area contributed by atoms with Gasteiger partial charge in [0.25, 0.3) is 5.91 Å². The van der Waals surface area contributed by atoms with Crippen molar-refractivity contribution in [3.05, 3.63) is 59.9 Å². The summed E-state index contributed by atoms with van der Waals surface area (Å²) in [4.78, 5) is 31.5. The number of carbonyl (C=O) groups excluding carboxylic acids is 2. The van der Waals surface area contributed by atoms with Crippen LogP contribution in [-0.2, 0) is 4.79 Å². The summed E-state index contributed by atoms with van der Waals surface area (Å²) >= 11 is 0. The maximum atomic E-state index is 13.9. The third-order valence-electron chi connectivity index (χ3n) is 6.25. The predicted molar refractivity (Wildman–Crippen MR) is 117 cm³/mol. The normalized spacial score (nSPS) is 17.5. The van der Waals surface area contributed by atoms with Crippen molar-refractivity contribution in [1.29, 1.82) is 0 Å².